The van der Waals surface area contributed by atoms with E-state index < -0.39 is 14.9 Å². The van der Waals surface area contributed by atoms with Gasteiger partial charge in [0.15, 0.2) is 8.32 Å². The summed E-state index contributed by atoms with van der Waals surface area (Å²) in [4.78, 5) is 0. The second kappa shape index (κ2) is 12.2. The minimum absolute atomic E-state index is 0.119. The van der Waals surface area contributed by atoms with E-state index in [-0.39, 0.29) is 10.5 Å². The average Bonchev–Trinajstić information content (AvgIpc) is 2.63. The van der Waals surface area contributed by atoms with E-state index in [0.29, 0.717) is 6.10 Å². The molecule has 0 aliphatic carbocycles. The summed E-state index contributed by atoms with van der Waals surface area (Å²) in [5, 5.41) is 0.259. The van der Waals surface area contributed by atoms with Crippen LogP contribution in [0.4, 0.5) is 0 Å². The number of hydrogen-bond acceptors (Lipinski definition) is 3. The first-order valence-corrected chi connectivity index (χ1v) is 15.5. The lowest BCUT2D eigenvalue weighted by atomic mass is 9.58. The molecule has 0 unspecified atom stereocenters. The van der Waals surface area contributed by atoms with E-state index in [0.717, 1.165) is 26.1 Å². The molecule has 3 nitrogen and oxygen atoms in total. The van der Waals surface area contributed by atoms with Crippen molar-refractivity contribution in [3.05, 3.63) is 12.1 Å². The Kier molecular flexibility index (Phi) is 11.4. The number of hydrogen-bond donors (Lipinski definition) is 0. The van der Waals surface area contributed by atoms with Crippen molar-refractivity contribution < 1.29 is 13.7 Å². The fraction of sp³-hybridized carbons (Fsp3) is 0.920. The van der Waals surface area contributed by atoms with E-state index in [1.807, 2.05) is 0 Å². The second-order valence-corrected chi connectivity index (χ2v) is 16.8. The first-order valence-electron chi connectivity index (χ1n) is 12.6. The Bertz CT molecular complexity index is 501. The van der Waals surface area contributed by atoms with Crippen molar-refractivity contribution >= 4 is 14.9 Å². The fourth-order valence-electron chi connectivity index (χ4n) is 3.62. The van der Waals surface area contributed by atoms with Gasteiger partial charge in [-0.25, -0.2) is 0 Å². The Morgan fingerprint density at radius 3 is 2.13 bits per heavy atom. The summed E-state index contributed by atoms with van der Waals surface area (Å²) in [5.74, 6) is 2.17. The Morgan fingerprint density at radius 2 is 1.57 bits per heavy atom. The highest BCUT2D eigenvalue weighted by Gasteiger charge is 2.38. The van der Waals surface area contributed by atoms with Gasteiger partial charge in [0.25, 0.3) is 6.55 Å². The van der Waals surface area contributed by atoms with Gasteiger partial charge < -0.3 is 13.7 Å². The molecule has 5 heteroatoms. The molecular formula is C25H52BO3Si-. The van der Waals surface area contributed by atoms with Gasteiger partial charge in [0.1, 0.15) is 0 Å². The molecule has 0 N–H and O–H groups in total. The lowest BCUT2D eigenvalue weighted by Gasteiger charge is -2.47. The van der Waals surface area contributed by atoms with E-state index in [1.165, 1.54) is 44.9 Å². The van der Waals surface area contributed by atoms with Crippen molar-refractivity contribution in [1.29, 1.82) is 0 Å². The van der Waals surface area contributed by atoms with Gasteiger partial charge in [0, 0.05) is 24.7 Å². The number of allylic oxidation sites excluding steroid dienone is 1. The molecule has 0 saturated carbocycles. The normalized spacial score (nSPS) is 20.6. The highest BCUT2D eigenvalue weighted by Crippen LogP contribution is 2.38. The average molecular weight is 440 g/mol. The van der Waals surface area contributed by atoms with E-state index in [2.05, 4.69) is 73.5 Å². The molecule has 1 fully saturated rings. The summed E-state index contributed by atoms with van der Waals surface area (Å²) in [5.41, 5.74) is 0.119. The van der Waals surface area contributed by atoms with Crippen LogP contribution in [0.15, 0.2) is 12.1 Å². The molecule has 0 bridgehead atoms. The molecule has 1 atom stereocenters. The molecule has 0 radical (unpaired) electrons. The maximum absolute atomic E-state index is 6.82. The van der Waals surface area contributed by atoms with Crippen molar-refractivity contribution in [3.8, 4) is 0 Å². The van der Waals surface area contributed by atoms with Crippen LogP contribution < -0.4 is 0 Å². The maximum atomic E-state index is 6.82. The van der Waals surface area contributed by atoms with Gasteiger partial charge in [-0.05, 0) is 37.4 Å². The molecule has 0 aromatic carbocycles. The lowest BCUT2D eigenvalue weighted by Crippen LogP contribution is -2.48. The SMILES string of the molecule is CCCCCCCC[C@@H](CC/C=C/[B-]1(C)OCC(C)(C)CO1)O[Si](C)(C)C(C)(C)C. The number of rotatable bonds is 13. The third-order valence-corrected chi connectivity index (χ3v) is 11.4. The first kappa shape index (κ1) is 27.9. The Morgan fingerprint density at radius 1 is 1.00 bits per heavy atom. The highest BCUT2D eigenvalue weighted by atomic mass is 28.4. The van der Waals surface area contributed by atoms with E-state index in [1.54, 1.807) is 0 Å². The molecule has 1 heterocycles. The van der Waals surface area contributed by atoms with E-state index >= 15 is 0 Å². The molecule has 0 spiro atoms. The van der Waals surface area contributed by atoms with Crippen LogP contribution in [-0.2, 0) is 13.7 Å². The van der Waals surface area contributed by atoms with Crippen LogP contribution in [0, 0.1) is 5.41 Å². The van der Waals surface area contributed by atoms with Crippen molar-refractivity contribution in [2.24, 2.45) is 5.41 Å². The quantitative estimate of drug-likeness (QED) is 0.214. The summed E-state index contributed by atoms with van der Waals surface area (Å²) in [6, 6.07) is 0. The fourth-order valence-corrected chi connectivity index (χ4v) is 5.04. The topological polar surface area (TPSA) is 27.7 Å². The van der Waals surface area contributed by atoms with Gasteiger partial charge in [0.05, 0.1) is 0 Å². The monoisotopic (exact) mass is 439 g/mol. The third-order valence-electron chi connectivity index (χ3n) is 6.90. The zero-order valence-corrected chi connectivity index (χ0v) is 22.8. The molecule has 1 saturated heterocycles. The molecule has 1 aliphatic rings. The largest absolute Gasteiger partial charge is 0.564 e. The highest BCUT2D eigenvalue weighted by molar-refractivity contribution is 6.74. The third kappa shape index (κ3) is 10.5. The Hall–Kier alpha value is -0.0982. The molecule has 178 valence electrons. The predicted molar refractivity (Wildman–Crippen MR) is 136 cm³/mol. The summed E-state index contributed by atoms with van der Waals surface area (Å²) >= 11 is 0. The summed E-state index contributed by atoms with van der Waals surface area (Å²) in [7, 11) is -1.74. The molecule has 0 aromatic rings. The van der Waals surface area contributed by atoms with Gasteiger partial charge in [-0.15, -0.1) is 12.9 Å². The molecule has 0 aromatic heterocycles. The zero-order valence-electron chi connectivity index (χ0n) is 21.8. The van der Waals surface area contributed by atoms with Crippen molar-refractivity contribution in [3.63, 3.8) is 0 Å². The smallest absolute Gasteiger partial charge is 0.259 e. The van der Waals surface area contributed by atoms with Crippen molar-refractivity contribution in [1.82, 2.24) is 0 Å². The first-order chi connectivity index (χ1) is 13.8. The van der Waals surface area contributed by atoms with Crippen LogP contribution in [0.3, 0.4) is 0 Å². The standard InChI is InChI=1S/C25H52BO3Si/c1-10-11-12-13-14-15-18-23(29-30(8,9)24(2,3)4)19-16-17-20-26(7)27-21-25(5,6)22-28-26/h17,20,23H,10-16,18-19,21-22H2,1-9H3/q-1/b20-17+/t23-/m0/s1. The molecule has 0 amide bonds. The van der Waals surface area contributed by atoms with E-state index in [9.17, 15) is 0 Å². The van der Waals surface area contributed by atoms with Crippen molar-refractivity contribution in [2.75, 3.05) is 13.2 Å². The summed E-state index contributed by atoms with van der Waals surface area (Å²) in [6.07, 6.45) is 14.0. The Balaban J connectivity index is 2.55. The molecule has 1 rings (SSSR count). The minimum atomic E-state index is -1.74. The molecular weight excluding hydrogens is 387 g/mol. The Labute approximate surface area is 189 Å². The van der Waals surface area contributed by atoms with Crippen LogP contribution in [0.1, 0.15) is 99.3 Å². The van der Waals surface area contributed by atoms with Gasteiger partial charge in [-0.3, -0.25) is 0 Å². The van der Waals surface area contributed by atoms with Crippen molar-refractivity contribution in [2.45, 2.75) is 130 Å². The van der Waals surface area contributed by atoms with Crippen LogP contribution >= 0.6 is 0 Å². The van der Waals surface area contributed by atoms with Gasteiger partial charge in [0.2, 0.25) is 0 Å². The lowest BCUT2D eigenvalue weighted by molar-refractivity contribution is 0.0201. The summed E-state index contributed by atoms with van der Waals surface area (Å²) in [6.45, 7) is 20.8. The molecule has 30 heavy (non-hydrogen) atoms. The van der Waals surface area contributed by atoms with Crippen LogP contribution in [0.25, 0.3) is 0 Å². The van der Waals surface area contributed by atoms with Crippen LogP contribution in [0.5, 0.6) is 0 Å². The minimum Gasteiger partial charge on any atom is -0.564 e. The summed E-state index contributed by atoms with van der Waals surface area (Å²) < 4.78 is 18.9. The van der Waals surface area contributed by atoms with Gasteiger partial charge in [-0.2, -0.15) is 5.98 Å². The maximum Gasteiger partial charge on any atom is 0.259 e. The van der Waals surface area contributed by atoms with Gasteiger partial charge in [-0.1, -0.05) is 80.1 Å². The molecule has 1 aliphatic heterocycles. The van der Waals surface area contributed by atoms with Crippen LogP contribution in [-0.4, -0.2) is 34.2 Å². The predicted octanol–water partition coefficient (Wildman–Crippen LogP) is 8.15. The second-order valence-electron chi connectivity index (χ2n) is 12.0. The van der Waals surface area contributed by atoms with E-state index in [4.69, 9.17) is 13.7 Å². The van der Waals surface area contributed by atoms with Crippen LogP contribution in [0.2, 0.25) is 25.0 Å². The van der Waals surface area contributed by atoms with Gasteiger partial charge >= 0.3 is 0 Å². The number of unbranched alkanes of at least 4 members (excludes halogenated alkanes) is 5. The zero-order chi connectivity index (χ0) is 22.9.